The summed E-state index contributed by atoms with van der Waals surface area (Å²) in [6.45, 7) is 3.92. The van der Waals surface area contributed by atoms with Crippen LogP contribution in [0.15, 0.2) is 35.3 Å². The van der Waals surface area contributed by atoms with Crippen molar-refractivity contribution in [1.82, 2.24) is 19.6 Å². The Balaban J connectivity index is 1.76. The van der Waals surface area contributed by atoms with Gasteiger partial charge in [-0.25, -0.2) is 9.18 Å². The van der Waals surface area contributed by atoms with Crippen molar-refractivity contribution >= 4 is 11.0 Å². The van der Waals surface area contributed by atoms with Crippen LogP contribution in [0.4, 0.5) is 4.39 Å². The van der Waals surface area contributed by atoms with Gasteiger partial charge >= 0.3 is 5.69 Å². The molecule has 10 heteroatoms. The van der Waals surface area contributed by atoms with E-state index in [0.717, 1.165) is 22.1 Å². The third-order valence-electron chi connectivity index (χ3n) is 5.01. The number of fused-ring (bicyclic) bond motifs is 1. The molecular weight excluding hydrogens is 395 g/mol. The lowest BCUT2D eigenvalue weighted by atomic mass is 10.0. The van der Waals surface area contributed by atoms with Gasteiger partial charge in [-0.2, -0.15) is 4.98 Å². The van der Waals surface area contributed by atoms with Gasteiger partial charge in [-0.3, -0.25) is 4.57 Å². The molecule has 3 N–H and O–H groups in total. The van der Waals surface area contributed by atoms with Gasteiger partial charge in [-0.15, -0.1) is 5.06 Å². The summed E-state index contributed by atoms with van der Waals surface area (Å²) < 4.78 is 26.5. The molecular formula is C20H23FN4O5. The molecule has 3 atom stereocenters. The van der Waals surface area contributed by atoms with Crippen LogP contribution in [0, 0.1) is 6.92 Å². The van der Waals surface area contributed by atoms with E-state index in [1.54, 1.807) is 6.07 Å². The molecule has 1 aliphatic rings. The maximum Gasteiger partial charge on any atom is 0.351 e. The number of ether oxygens (including phenoxy) is 2. The number of hydrogen-bond acceptors (Lipinski definition) is 7. The van der Waals surface area contributed by atoms with Crippen LogP contribution in [0.25, 0.3) is 22.3 Å². The first-order valence-corrected chi connectivity index (χ1v) is 9.67. The van der Waals surface area contributed by atoms with Crippen LogP contribution in [0.5, 0.6) is 5.75 Å². The number of rotatable bonds is 6. The Morgan fingerprint density at radius 3 is 2.90 bits per heavy atom. The van der Waals surface area contributed by atoms with Gasteiger partial charge in [0.25, 0.3) is 0 Å². The quantitative estimate of drug-likeness (QED) is 0.527. The van der Waals surface area contributed by atoms with E-state index in [1.807, 2.05) is 32.0 Å². The molecule has 3 unspecified atom stereocenters. The van der Waals surface area contributed by atoms with Gasteiger partial charge in [0.05, 0.1) is 18.9 Å². The lowest BCUT2D eigenvalue weighted by Gasteiger charge is -2.15. The van der Waals surface area contributed by atoms with Crippen molar-refractivity contribution in [3.8, 4) is 17.0 Å². The third kappa shape index (κ3) is 3.47. The predicted molar refractivity (Wildman–Crippen MR) is 106 cm³/mol. The molecule has 0 spiro atoms. The van der Waals surface area contributed by atoms with Crippen LogP contribution in [0.2, 0.25) is 0 Å². The summed E-state index contributed by atoms with van der Waals surface area (Å²) in [5, 5.41) is 19.7. The van der Waals surface area contributed by atoms with E-state index in [2.05, 4.69) is 9.97 Å². The number of aromatic nitrogens is 3. The molecule has 0 aliphatic carbocycles. The van der Waals surface area contributed by atoms with Crippen LogP contribution in [-0.2, 0) is 4.74 Å². The van der Waals surface area contributed by atoms with Crippen molar-refractivity contribution in [2.24, 2.45) is 0 Å². The summed E-state index contributed by atoms with van der Waals surface area (Å²) in [7, 11) is 0. The molecule has 2 aromatic heterocycles. The lowest BCUT2D eigenvalue weighted by molar-refractivity contribution is -0.201. The van der Waals surface area contributed by atoms with Gasteiger partial charge in [0, 0.05) is 17.1 Å². The van der Waals surface area contributed by atoms with Crippen LogP contribution in [0.1, 0.15) is 25.1 Å². The first-order chi connectivity index (χ1) is 14.4. The predicted octanol–water partition coefficient (Wildman–Crippen LogP) is 2.32. The molecule has 0 amide bonds. The topological polar surface area (TPSA) is 113 Å². The second-order valence-electron chi connectivity index (χ2n) is 7.13. The monoisotopic (exact) mass is 418 g/mol. The summed E-state index contributed by atoms with van der Waals surface area (Å²) in [5.41, 5.74) is 2.13. The van der Waals surface area contributed by atoms with Gasteiger partial charge < -0.3 is 24.8 Å². The van der Waals surface area contributed by atoms with E-state index in [1.165, 1.54) is 6.20 Å². The minimum atomic E-state index is -2.03. The molecule has 1 fully saturated rings. The SMILES string of the molecule is CCCOc1cccc(C)c1-c1cc2cn(C3OC(CO)N(O)C3F)c(=O)nc2[nH]1. The van der Waals surface area contributed by atoms with E-state index in [9.17, 15) is 19.5 Å². The Hall–Kier alpha value is -2.79. The van der Waals surface area contributed by atoms with E-state index in [0.29, 0.717) is 29.1 Å². The highest BCUT2D eigenvalue weighted by molar-refractivity contribution is 5.85. The molecule has 4 rings (SSSR count). The number of nitrogens with zero attached hydrogens (tertiary/aromatic N) is 3. The smallest absolute Gasteiger partial charge is 0.351 e. The number of aliphatic hydroxyl groups is 1. The van der Waals surface area contributed by atoms with Crippen LogP contribution in [-0.4, -0.2) is 55.6 Å². The molecule has 0 radical (unpaired) electrons. The van der Waals surface area contributed by atoms with Crippen molar-refractivity contribution in [1.29, 1.82) is 0 Å². The highest BCUT2D eigenvalue weighted by Gasteiger charge is 2.43. The van der Waals surface area contributed by atoms with Gasteiger partial charge in [-0.05, 0) is 31.0 Å². The Morgan fingerprint density at radius 2 is 2.20 bits per heavy atom. The molecule has 0 bridgehead atoms. The zero-order chi connectivity index (χ0) is 21.4. The molecule has 9 nitrogen and oxygen atoms in total. The van der Waals surface area contributed by atoms with Crippen molar-refractivity contribution in [3.05, 3.63) is 46.5 Å². The number of alkyl halides is 1. The van der Waals surface area contributed by atoms with Crippen LogP contribution in [0.3, 0.4) is 0 Å². The molecule has 0 saturated carbocycles. The molecule has 3 heterocycles. The fourth-order valence-electron chi connectivity index (χ4n) is 3.55. The number of aliphatic hydroxyl groups excluding tert-OH is 1. The molecule has 1 aromatic carbocycles. The van der Waals surface area contributed by atoms with E-state index in [4.69, 9.17) is 9.47 Å². The summed E-state index contributed by atoms with van der Waals surface area (Å²) in [4.78, 5) is 19.6. The number of aromatic amines is 1. The van der Waals surface area contributed by atoms with E-state index in [-0.39, 0.29) is 5.06 Å². The number of nitrogens with one attached hydrogen (secondary N) is 1. The second kappa shape index (κ2) is 8.15. The Kier molecular flexibility index (Phi) is 5.56. The summed E-state index contributed by atoms with van der Waals surface area (Å²) >= 11 is 0. The fourth-order valence-corrected chi connectivity index (χ4v) is 3.55. The normalized spacial score (nSPS) is 22.1. The fraction of sp³-hybridized carbons (Fsp3) is 0.400. The minimum absolute atomic E-state index is 0.245. The molecule has 1 aliphatic heterocycles. The number of halogens is 1. The average molecular weight is 418 g/mol. The molecule has 160 valence electrons. The largest absolute Gasteiger partial charge is 0.493 e. The number of aryl methyl sites for hydroxylation is 1. The van der Waals surface area contributed by atoms with Gasteiger partial charge in [0.2, 0.25) is 6.30 Å². The Labute approximate surface area is 171 Å². The van der Waals surface area contributed by atoms with Crippen molar-refractivity contribution in [2.75, 3.05) is 13.2 Å². The van der Waals surface area contributed by atoms with E-state index < -0.39 is 31.0 Å². The van der Waals surface area contributed by atoms with Gasteiger partial charge in [0.15, 0.2) is 12.5 Å². The van der Waals surface area contributed by atoms with E-state index >= 15 is 0 Å². The number of hydroxylamine groups is 2. The van der Waals surface area contributed by atoms with Crippen molar-refractivity contribution in [3.63, 3.8) is 0 Å². The lowest BCUT2D eigenvalue weighted by Crippen LogP contribution is -2.35. The van der Waals surface area contributed by atoms with Crippen molar-refractivity contribution < 1.29 is 24.2 Å². The maximum absolute atomic E-state index is 14.4. The number of H-pyrrole nitrogens is 1. The van der Waals surface area contributed by atoms with Gasteiger partial charge in [-0.1, -0.05) is 19.1 Å². The maximum atomic E-state index is 14.4. The third-order valence-corrected chi connectivity index (χ3v) is 5.01. The van der Waals surface area contributed by atoms with Gasteiger partial charge in [0.1, 0.15) is 11.4 Å². The van der Waals surface area contributed by atoms with Crippen LogP contribution >= 0.6 is 0 Å². The molecule has 30 heavy (non-hydrogen) atoms. The second-order valence-corrected chi connectivity index (χ2v) is 7.13. The first-order valence-electron chi connectivity index (χ1n) is 9.67. The Bertz CT molecular complexity index is 1110. The Morgan fingerprint density at radius 1 is 1.40 bits per heavy atom. The highest BCUT2D eigenvalue weighted by Crippen LogP contribution is 2.35. The zero-order valence-corrected chi connectivity index (χ0v) is 16.6. The minimum Gasteiger partial charge on any atom is -0.493 e. The standard InChI is InChI=1S/C20H23FN4O5/c1-3-7-29-14-6-4-5-11(2)16(14)13-8-12-9-24(20(27)23-18(12)22-13)19-17(21)25(28)15(10-26)30-19/h4-6,8-9,15,17,19,26,28H,3,7,10H2,1-2H3,(H,22,23,27). The highest BCUT2D eigenvalue weighted by atomic mass is 19.1. The summed E-state index contributed by atoms with van der Waals surface area (Å²) in [6.07, 6.45) is -2.44. The summed E-state index contributed by atoms with van der Waals surface area (Å²) in [6, 6.07) is 7.53. The van der Waals surface area contributed by atoms with Crippen LogP contribution < -0.4 is 10.4 Å². The first kappa shape index (κ1) is 20.5. The zero-order valence-electron chi connectivity index (χ0n) is 16.6. The molecule has 3 aromatic rings. The summed E-state index contributed by atoms with van der Waals surface area (Å²) in [5.74, 6) is 0.711. The number of benzene rings is 1. The molecule has 1 saturated heterocycles. The van der Waals surface area contributed by atoms with Crippen molar-refractivity contribution in [2.45, 2.75) is 39.0 Å². The number of hydrogen-bond donors (Lipinski definition) is 3. The average Bonchev–Trinajstić information content (AvgIpc) is 3.26.